The molecule has 90 valence electrons. The lowest BCUT2D eigenvalue weighted by Gasteiger charge is -1.98. The van der Waals surface area contributed by atoms with E-state index in [1.807, 2.05) is 6.07 Å². The first-order valence-electron chi connectivity index (χ1n) is 6.06. The van der Waals surface area contributed by atoms with Crippen LogP contribution in [0.3, 0.4) is 0 Å². The van der Waals surface area contributed by atoms with Gasteiger partial charge in [-0.2, -0.15) is 0 Å². The van der Waals surface area contributed by atoms with E-state index in [1.54, 1.807) is 11.3 Å². The second kappa shape index (κ2) is 6.52. The SMILES string of the molecule is CCCNCc1nc(Cc2ccccc2)cs1. The summed E-state index contributed by atoms with van der Waals surface area (Å²) in [5.74, 6) is 0. The molecular weight excluding hydrogens is 228 g/mol. The van der Waals surface area contributed by atoms with Gasteiger partial charge in [-0.15, -0.1) is 11.3 Å². The lowest BCUT2D eigenvalue weighted by molar-refractivity contribution is 0.671. The molecule has 0 aliphatic rings. The Hall–Kier alpha value is -1.19. The molecule has 2 rings (SSSR count). The Morgan fingerprint density at radius 1 is 1.24 bits per heavy atom. The number of thiazole rings is 1. The highest BCUT2D eigenvalue weighted by atomic mass is 32.1. The van der Waals surface area contributed by atoms with Crippen molar-refractivity contribution in [2.24, 2.45) is 0 Å². The lowest BCUT2D eigenvalue weighted by Crippen LogP contribution is -2.13. The molecule has 17 heavy (non-hydrogen) atoms. The maximum Gasteiger partial charge on any atom is 0.107 e. The van der Waals surface area contributed by atoms with E-state index >= 15 is 0 Å². The van der Waals surface area contributed by atoms with Gasteiger partial charge in [-0.25, -0.2) is 4.98 Å². The highest BCUT2D eigenvalue weighted by molar-refractivity contribution is 7.09. The molecule has 0 saturated carbocycles. The van der Waals surface area contributed by atoms with Crippen LogP contribution >= 0.6 is 11.3 Å². The number of nitrogens with one attached hydrogen (secondary N) is 1. The van der Waals surface area contributed by atoms with Crippen LogP contribution in [0.5, 0.6) is 0 Å². The highest BCUT2D eigenvalue weighted by Crippen LogP contribution is 2.13. The predicted molar refractivity (Wildman–Crippen MR) is 73.4 cm³/mol. The summed E-state index contributed by atoms with van der Waals surface area (Å²) in [4.78, 5) is 4.63. The monoisotopic (exact) mass is 246 g/mol. The third kappa shape index (κ3) is 3.95. The van der Waals surface area contributed by atoms with Crippen molar-refractivity contribution in [3.8, 4) is 0 Å². The summed E-state index contributed by atoms with van der Waals surface area (Å²) in [6.07, 6.45) is 2.10. The van der Waals surface area contributed by atoms with Crippen LogP contribution in [0.25, 0.3) is 0 Å². The molecule has 3 heteroatoms. The molecule has 1 heterocycles. The summed E-state index contributed by atoms with van der Waals surface area (Å²) < 4.78 is 0. The van der Waals surface area contributed by atoms with E-state index in [2.05, 4.69) is 46.9 Å². The van der Waals surface area contributed by atoms with Gasteiger partial charge in [-0.1, -0.05) is 37.3 Å². The molecule has 2 aromatic rings. The van der Waals surface area contributed by atoms with E-state index in [4.69, 9.17) is 0 Å². The fourth-order valence-electron chi connectivity index (χ4n) is 1.69. The average molecular weight is 246 g/mol. The summed E-state index contributed by atoms with van der Waals surface area (Å²) in [5, 5.41) is 6.72. The molecule has 0 amide bonds. The van der Waals surface area contributed by atoms with Crippen LogP contribution in [0.1, 0.15) is 29.6 Å². The van der Waals surface area contributed by atoms with E-state index in [0.717, 1.165) is 19.5 Å². The van der Waals surface area contributed by atoms with Crippen LogP contribution in [-0.4, -0.2) is 11.5 Å². The van der Waals surface area contributed by atoms with Crippen molar-refractivity contribution in [3.05, 3.63) is 52.0 Å². The number of rotatable bonds is 6. The minimum atomic E-state index is 0.896. The van der Waals surface area contributed by atoms with Crippen molar-refractivity contribution in [2.75, 3.05) is 6.54 Å². The second-order valence-electron chi connectivity index (χ2n) is 4.07. The number of hydrogen-bond acceptors (Lipinski definition) is 3. The van der Waals surface area contributed by atoms with Crippen molar-refractivity contribution in [1.29, 1.82) is 0 Å². The zero-order valence-corrected chi connectivity index (χ0v) is 11.0. The van der Waals surface area contributed by atoms with Gasteiger partial charge in [0, 0.05) is 18.3 Å². The molecule has 0 fully saturated rings. The third-order valence-corrected chi connectivity index (χ3v) is 3.43. The Morgan fingerprint density at radius 2 is 2.06 bits per heavy atom. The first kappa shape index (κ1) is 12.3. The third-order valence-electron chi connectivity index (χ3n) is 2.53. The van der Waals surface area contributed by atoms with Crippen molar-refractivity contribution in [1.82, 2.24) is 10.3 Å². The van der Waals surface area contributed by atoms with Gasteiger partial charge in [-0.3, -0.25) is 0 Å². The molecule has 1 aromatic carbocycles. The topological polar surface area (TPSA) is 24.9 Å². The van der Waals surface area contributed by atoms with Gasteiger partial charge in [0.25, 0.3) is 0 Å². The first-order valence-corrected chi connectivity index (χ1v) is 6.94. The number of nitrogens with zero attached hydrogens (tertiary/aromatic N) is 1. The normalized spacial score (nSPS) is 10.6. The van der Waals surface area contributed by atoms with Crippen LogP contribution in [0.15, 0.2) is 35.7 Å². The molecule has 0 radical (unpaired) electrons. The van der Waals surface area contributed by atoms with Crippen LogP contribution in [-0.2, 0) is 13.0 Å². The molecule has 0 unspecified atom stereocenters. The Morgan fingerprint density at radius 3 is 2.82 bits per heavy atom. The molecule has 0 saturated heterocycles. The van der Waals surface area contributed by atoms with Gasteiger partial charge in [0.2, 0.25) is 0 Å². The largest absolute Gasteiger partial charge is 0.310 e. The fourth-order valence-corrected chi connectivity index (χ4v) is 2.45. The average Bonchev–Trinajstić information content (AvgIpc) is 2.79. The number of benzene rings is 1. The van der Waals surface area contributed by atoms with Gasteiger partial charge in [-0.05, 0) is 18.5 Å². The fraction of sp³-hybridized carbons (Fsp3) is 0.357. The van der Waals surface area contributed by atoms with Crippen LogP contribution in [0.4, 0.5) is 0 Å². The first-order chi connectivity index (χ1) is 8.38. The molecule has 0 spiro atoms. The molecule has 0 atom stereocenters. The van der Waals surface area contributed by atoms with Gasteiger partial charge < -0.3 is 5.32 Å². The Kier molecular flexibility index (Phi) is 4.71. The van der Waals surface area contributed by atoms with E-state index in [0.29, 0.717) is 0 Å². The molecular formula is C14H18N2S. The minimum absolute atomic E-state index is 0.896. The zero-order valence-electron chi connectivity index (χ0n) is 10.1. The van der Waals surface area contributed by atoms with Crippen LogP contribution in [0, 0.1) is 0 Å². The molecule has 1 N–H and O–H groups in total. The van der Waals surface area contributed by atoms with Gasteiger partial charge in [0.05, 0.1) is 5.69 Å². The smallest absolute Gasteiger partial charge is 0.107 e. The summed E-state index contributed by atoms with van der Waals surface area (Å²) in [7, 11) is 0. The standard InChI is InChI=1S/C14H18N2S/c1-2-8-15-10-14-16-13(11-17-14)9-12-6-4-3-5-7-12/h3-7,11,15H,2,8-10H2,1H3. The van der Waals surface area contributed by atoms with Gasteiger partial charge in [0.15, 0.2) is 0 Å². The maximum atomic E-state index is 4.63. The number of aromatic nitrogens is 1. The predicted octanol–water partition coefficient (Wildman–Crippen LogP) is 3.23. The summed E-state index contributed by atoms with van der Waals surface area (Å²) in [6.45, 7) is 4.14. The van der Waals surface area contributed by atoms with E-state index in [-0.39, 0.29) is 0 Å². The van der Waals surface area contributed by atoms with Crippen molar-refractivity contribution >= 4 is 11.3 Å². The quantitative estimate of drug-likeness (QED) is 0.792. The lowest BCUT2D eigenvalue weighted by atomic mass is 10.1. The summed E-state index contributed by atoms with van der Waals surface area (Å²) in [5.41, 5.74) is 2.50. The maximum absolute atomic E-state index is 4.63. The zero-order chi connectivity index (χ0) is 11.9. The van der Waals surface area contributed by atoms with E-state index in [1.165, 1.54) is 22.7 Å². The minimum Gasteiger partial charge on any atom is -0.310 e. The molecule has 2 nitrogen and oxygen atoms in total. The van der Waals surface area contributed by atoms with Crippen molar-refractivity contribution in [3.63, 3.8) is 0 Å². The Bertz CT molecular complexity index is 436. The Labute approximate surface area is 107 Å². The number of hydrogen-bond donors (Lipinski definition) is 1. The van der Waals surface area contributed by atoms with E-state index in [9.17, 15) is 0 Å². The van der Waals surface area contributed by atoms with Crippen LogP contribution < -0.4 is 5.32 Å². The highest BCUT2D eigenvalue weighted by Gasteiger charge is 2.02. The Balaban J connectivity index is 1.90. The van der Waals surface area contributed by atoms with Gasteiger partial charge >= 0.3 is 0 Å². The second-order valence-corrected chi connectivity index (χ2v) is 5.01. The van der Waals surface area contributed by atoms with Crippen molar-refractivity contribution < 1.29 is 0 Å². The van der Waals surface area contributed by atoms with E-state index < -0.39 is 0 Å². The van der Waals surface area contributed by atoms with Crippen molar-refractivity contribution in [2.45, 2.75) is 26.3 Å². The molecule has 0 bridgehead atoms. The molecule has 0 aliphatic heterocycles. The van der Waals surface area contributed by atoms with Crippen LogP contribution in [0.2, 0.25) is 0 Å². The molecule has 1 aromatic heterocycles. The summed E-state index contributed by atoms with van der Waals surface area (Å²) in [6, 6.07) is 10.5. The summed E-state index contributed by atoms with van der Waals surface area (Å²) >= 11 is 1.75. The molecule has 0 aliphatic carbocycles. The van der Waals surface area contributed by atoms with Gasteiger partial charge in [0.1, 0.15) is 5.01 Å².